The summed E-state index contributed by atoms with van der Waals surface area (Å²) in [7, 11) is 0. The Morgan fingerprint density at radius 1 is 0.826 bits per heavy atom. The van der Waals surface area contributed by atoms with Crippen molar-refractivity contribution in [2.24, 2.45) is 0 Å². The second-order valence-electron chi connectivity index (χ2n) is 5.54. The molecule has 0 saturated carbocycles. The van der Waals surface area contributed by atoms with Crippen molar-refractivity contribution in [2.75, 3.05) is 0 Å². The summed E-state index contributed by atoms with van der Waals surface area (Å²) in [5.74, 6) is 0.748. The predicted molar refractivity (Wildman–Crippen MR) is 93.3 cm³/mol. The molecule has 1 atom stereocenters. The number of para-hydroxylation sites is 1. The highest BCUT2D eigenvalue weighted by Gasteiger charge is 2.15. The molecule has 0 aliphatic rings. The third kappa shape index (κ3) is 3.61. The predicted octanol–water partition coefficient (Wildman–Crippen LogP) is 4.99. The number of rotatable bonds is 5. The van der Waals surface area contributed by atoms with E-state index in [1.54, 1.807) is 6.92 Å². The maximum atomic E-state index is 10.1. The first-order valence-electron chi connectivity index (χ1n) is 7.79. The normalized spacial score (nSPS) is 11.9. The van der Waals surface area contributed by atoms with Gasteiger partial charge in [0, 0.05) is 11.1 Å². The van der Waals surface area contributed by atoms with E-state index >= 15 is 0 Å². The van der Waals surface area contributed by atoms with Crippen LogP contribution in [-0.4, -0.2) is 5.11 Å². The summed E-state index contributed by atoms with van der Waals surface area (Å²) in [5.41, 5.74) is 3.99. The van der Waals surface area contributed by atoms with Gasteiger partial charge >= 0.3 is 0 Å². The van der Waals surface area contributed by atoms with E-state index in [1.165, 1.54) is 0 Å². The highest BCUT2D eigenvalue weighted by Crippen LogP contribution is 2.36. The molecule has 0 aromatic heterocycles. The minimum Gasteiger partial charge on any atom is -0.488 e. The van der Waals surface area contributed by atoms with Crippen molar-refractivity contribution in [1.29, 1.82) is 0 Å². The first-order chi connectivity index (χ1) is 11.3. The van der Waals surface area contributed by atoms with Crippen LogP contribution in [0.3, 0.4) is 0 Å². The quantitative estimate of drug-likeness (QED) is 0.720. The van der Waals surface area contributed by atoms with Gasteiger partial charge in [-0.25, -0.2) is 0 Å². The summed E-state index contributed by atoms with van der Waals surface area (Å²) in [6.45, 7) is 2.24. The van der Waals surface area contributed by atoms with Crippen LogP contribution in [0.5, 0.6) is 5.75 Å². The Hall–Kier alpha value is -2.58. The molecule has 0 aliphatic carbocycles. The molecule has 23 heavy (non-hydrogen) atoms. The number of ether oxygens (including phenoxy) is 1. The van der Waals surface area contributed by atoms with Gasteiger partial charge in [-0.05, 0) is 18.1 Å². The molecule has 116 valence electrons. The molecule has 0 spiro atoms. The average Bonchev–Trinajstić information content (AvgIpc) is 2.61. The van der Waals surface area contributed by atoms with Crippen LogP contribution in [0.4, 0.5) is 0 Å². The van der Waals surface area contributed by atoms with Crippen LogP contribution < -0.4 is 4.74 Å². The molecule has 3 aromatic carbocycles. The van der Waals surface area contributed by atoms with E-state index in [9.17, 15) is 5.11 Å². The summed E-state index contributed by atoms with van der Waals surface area (Å²) >= 11 is 0. The van der Waals surface area contributed by atoms with Crippen molar-refractivity contribution in [2.45, 2.75) is 19.6 Å². The Kier molecular flexibility index (Phi) is 4.74. The van der Waals surface area contributed by atoms with Gasteiger partial charge in [0.15, 0.2) is 0 Å². The van der Waals surface area contributed by atoms with Gasteiger partial charge in [0.1, 0.15) is 12.4 Å². The first-order valence-corrected chi connectivity index (χ1v) is 7.79. The van der Waals surface area contributed by atoms with Crippen LogP contribution in [0.25, 0.3) is 11.1 Å². The van der Waals surface area contributed by atoms with Crippen molar-refractivity contribution in [1.82, 2.24) is 0 Å². The molecule has 0 saturated heterocycles. The Bertz CT molecular complexity index is 749. The maximum absolute atomic E-state index is 10.1. The van der Waals surface area contributed by atoms with Gasteiger partial charge in [-0.1, -0.05) is 78.9 Å². The summed E-state index contributed by atoms with van der Waals surface area (Å²) in [4.78, 5) is 0. The molecule has 0 heterocycles. The van der Waals surface area contributed by atoms with E-state index in [2.05, 4.69) is 12.1 Å². The second-order valence-corrected chi connectivity index (χ2v) is 5.54. The molecule has 3 rings (SSSR count). The number of aliphatic hydroxyl groups excluding tert-OH is 1. The van der Waals surface area contributed by atoms with E-state index in [0.29, 0.717) is 6.61 Å². The van der Waals surface area contributed by atoms with Crippen LogP contribution in [0.2, 0.25) is 0 Å². The monoisotopic (exact) mass is 304 g/mol. The van der Waals surface area contributed by atoms with Crippen molar-refractivity contribution < 1.29 is 9.84 Å². The molecule has 2 nitrogen and oxygen atoms in total. The Morgan fingerprint density at radius 2 is 1.48 bits per heavy atom. The van der Waals surface area contributed by atoms with E-state index in [0.717, 1.165) is 28.0 Å². The summed E-state index contributed by atoms with van der Waals surface area (Å²) in [5, 5.41) is 10.1. The molecule has 0 bridgehead atoms. The average molecular weight is 304 g/mol. The minimum atomic E-state index is -0.579. The highest BCUT2D eigenvalue weighted by atomic mass is 16.5. The van der Waals surface area contributed by atoms with Gasteiger partial charge in [-0.3, -0.25) is 0 Å². The topological polar surface area (TPSA) is 29.5 Å². The summed E-state index contributed by atoms with van der Waals surface area (Å²) < 4.78 is 6.11. The summed E-state index contributed by atoms with van der Waals surface area (Å²) in [6, 6.07) is 26.1. The molecule has 0 fully saturated rings. The Balaban J connectivity index is 1.98. The van der Waals surface area contributed by atoms with Gasteiger partial charge in [0.25, 0.3) is 0 Å². The fourth-order valence-electron chi connectivity index (χ4n) is 2.62. The lowest BCUT2D eigenvalue weighted by Gasteiger charge is -2.18. The highest BCUT2D eigenvalue weighted by molar-refractivity contribution is 5.72. The zero-order valence-electron chi connectivity index (χ0n) is 13.1. The number of aliphatic hydroxyl groups is 1. The van der Waals surface area contributed by atoms with Crippen LogP contribution >= 0.6 is 0 Å². The lowest BCUT2D eigenvalue weighted by atomic mass is 9.99. The van der Waals surface area contributed by atoms with Crippen molar-refractivity contribution in [3.63, 3.8) is 0 Å². The molecule has 0 radical (unpaired) electrons. The van der Waals surface area contributed by atoms with Gasteiger partial charge in [-0.2, -0.15) is 0 Å². The van der Waals surface area contributed by atoms with Crippen LogP contribution in [0, 0.1) is 0 Å². The first kappa shape index (κ1) is 15.3. The Labute approximate surface area is 137 Å². The molecule has 0 aliphatic heterocycles. The van der Waals surface area contributed by atoms with Gasteiger partial charge in [0.05, 0.1) is 6.10 Å². The fourth-order valence-corrected chi connectivity index (χ4v) is 2.62. The van der Waals surface area contributed by atoms with E-state index < -0.39 is 6.10 Å². The zero-order valence-corrected chi connectivity index (χ0v) is 13.1. The van der Waals surface area contributed by atoms with E-state index in [1.807, 2.05) is 66.7 Å². The number of hydrogen-bond acceptors (Lipinski definition) is 2. The van der Waals surface area contributed by atoms with Crippen LogP contribution in [-0.2, 0) is 6.61 Å². The number of benzene rings is 3. The molecule has 1 unspecified atom stereocenters. The lowest BCUT2D eigenvalue weighted by Crippen LogP contribution is -2.02. The second kappa shape index (κ2) is 7.12. The van der Waals surface area contributed by atoms with E-state index in [4.69, 9.17) is 4.74 Å². The fraction of sp³-hybridized carbons (Fsp3) is 0.143. The molecular weight excluding hydrogens is 284 g/mol. The van der Waals surface area contributed by atoms with Crippen molar-refractivity contribution in [3.8, 4) is 16.9 Å². The smallest absolute Gasteiger partial charge is 0.133 e. The third-order valence-corrected chi connectivity index (χ3v) is 3.81. The van der Waals surface area contributed by atoms with Gasteiger partial charge < -0.3 is 9.84 Å². The molecule has 2 heteroatoms. The molecule has 0 amide bonds. The number of hydrogen-bond donors (Lipinski definition) is 1. The largest absolute Gasteiger partial charge is 0.488 e. The summed E-state index contributed by atoms with van der Waals surface area (Å²) in [6.07, 6.45) is -0.579. The zero-order chi connectivity index (χ0) is 16.1. The van der Waals surface area contributed by atoms with Crippen LogP contribution in [0.15, 0.2) is 78.9 Å². The van der Waals surface area contributed by atoms with Gasteiger partial charge in [-0.15, -0.1) is 0 Å². The van der Waals surface area contributed by atoms with Gasteiger partial charge in [0.2, 0.25) is 0 Å². The molecule has 3 aromatic rings. The standard InChI is InChI=1S/C21H20O2/c1-16(22)19-13-8-14-20(18-11-6-3-7-12-18)21(19)23-15-17-9-4-2-5-10-17/h2-14,16,22H,15H2,1H3. The molecule has 1 N–H and O–H groups in total. The Morgan fingerprint density at radius 3 is 2.13 bits per heavy atom. The van der Waals surface area contributed by atoms with Crippen molar-refractivity contribution in [3.05, 3.63) is 90.0 Å². The molecular formula is C21H20O2. The van der Waals surface area contributed by atoms with Crippen LogP contribution in [0.1, 0.15) is 24.2 Å². The van der Waals surface area contributed by atoms with Crippen molar-refractivity contribution >= 4 is 0 Å². The lowest BCUT2D eigenvalue weighted by molar-refractivity contribution is 0.190. The maximum Gasteiger partial charge on any atom is 0.133 e. The third-order valence-electron chi connectivity index (χ3n) is 3.81. The minimum absolute atomic E-state index is 0.477. The van der Waals surface area contributed by atoms with E-state index in [-0.39, 0.29) is 0 Å². The SMILES string of the molecule is CC(O)c1cccc(-c2ccccc2)c1OCc1ccccc1.